The van der Waals surface area contributed by atoms with Crippen LogP contribution in [0, 0.1) is 0 Å². The molecule has 1 atom stereocenters. The van der Waals surface area contributed by atoms with Crippen molar-refractivity contribution in [2.45, 2.75) is 51.0 Å². The van der Waals surface area contributed by atoms with Crippen molar-refractivity contribution in [2.24, 2.45) is 5.73 Å². The zero-order valence-corrected chi connectivity index (χ0v) is 12.7. The zero-order valence-electron chi connectivity index (χ0n) is 12.7. The van der Waals surface area contributed by atoms with Gasteiger partial charge in [-0.15, -0.1) is 0 Å². The lowest BCUT2D eigenvalue weighted by molar-refractivity contribution is 0.347. The van der Waals surface area contributed by atoms with Gasteiger partial charge in [-0.05, 0) is 76.7 Å². The Balaban J connectivity index is 2.09. The van der Waals surface area contributed by atoms with E-state index in [2.05, 4.69) is 50.1 Å². The summed E-state index contributed by atoms with van der Waals surface area (Å²) in [6, 6.07) is 9.08. The Bertz CT molecular complexity index is 406. The molecular weight excluding hydrogens is 232 g/mol. The maximum Gasteiger partial charge on any atom is 0.0138 e. The molecule has 1 aromatic carbocycles. The van der Waals surface area contributed by atoms with E-state index in [9.17, 15) is 0 Å². The van der Waals surface area contributed by atoms with Gasteiger partial charge in [0.15, 0.2) is 0 Å². The number of hydrogen-bond acceptors (Lipinski definition) is 2. The standard InChI is InChI=1S/C17H28N2/c1-17(2,18)13-14-6-4-7-16(12-14)15-8-5-10-19(3)11-9-15/h4,6-7,12,15H,5,8-11,13,18H2,1-3H3. The minimum absolute atomic E-state index is 0.123. The summed E-state index contributed by atoms with van der Waals surface area (Å²) in [5.41, 5.74) is 8.90. The van der Waals surface area contributed by atoms with Crippen molar-refractivity contribution in [3.05, 3.63) is 35.4 Å². The topological polar surface area (TPSA) is 29.3 Å². The SMILES string of the molecule is CN1CCCC(c2cccc(CC(C)(C)N)c2)CC1. The van der Waals surface area contributed by atoms with Crippen molar-refractivity contribution in [3.8, 4) is 0 Å². The van der Waals surface area contributed by atoms with Crippen molar-refractivity contribution < 1.29 is 0 Å². The monoisotopic (exact) mass is 260 g/mol. The Hall–Kier alpha value is -0.860. The Morgan fingerprint density at radius 2 is 2.05 bits per heavy atom. The quantitative estimate of drug-likeness (QED) is 0.904. The average Bonchev–Trinajstić information content (AvgIpc) is 2.52. The van der Waals surface area contributed by atoms with E-state index >= 15 is 0 Å². The predicted molar refractivity (Wildman–Crippen MR) is 82.5 cm³/mol. The molecule has 2 rings (SSSR count). The predicted octanol–water partition coefficient (Wildman–Crippen LogP) is 3.17. The summed E-state index contributed by atoms with van der Waals surface area (Å²) in [4.78, 5) is 2.45. The minimum Gasteiger partial charge on any atom is -0.325 e. The van der Waals surface area contributed by atoms with Crippen molar-refractivity contribution in [2.75, 3.05) is 20.1 Å². The number of rotatable bonds is 3. The Morgan fingerprint density at radius 3 is 2.79 bits per heavy atom. The van der Waals surface area contributed by atoms with E-state index in [0.29, 0.717) is 0 Å². The second kappa shape index (κ2) is 6.06. The zero-order chi connectivity index (χ0) is 13.9. The van der Waals surface area contributed by atoms with E-state index in [1.165, 1.54) is 43.5 Å². The fourth-order valence-corrected chi connectivity index (χ4v) is 3.06. The number of hydrogen-bond donors (Lipinski definition) is 1. The highest BCUT2D eigenvalue weighted by molar-refractivity contribution is 5.27. The van der Waals surface area contributed by atoms with Crippen LogP contribution in [-0.2, 0) is 6.42 Å². The minimum atomic E-state index is -0.123. The largest absolute Gasteiger partial charge is 0.325 e. The molecule has 1 heterocycles. The van der Waals surface area contributed by atoms with Crippen LogP contribution in [0.2, 0.25) is 0 Å². The van der Waals surface area contributed by atoms with Gasteiger partial charge < -0.3 is 10.6 Å². The van der Waals surface area contributed by atoms with Crippen molar-refractivity contribution in [3.63, 3.8) is 0 Å². The summed E-state index contributed by atoms with van der Waals surface area (Å²) >= 11 is 0. The summed E-state index contributed by atoms with van der Waals surface area (Å²) in [6.07, 6.45) is 4.87. The molecule has 106 valence electrons. The maximum absolute atomic E-state index is 6.13. The van der Waals surface area contributed by atoms with Crippen LogP contribution < -0.4 is 5.73 Å². The smallest absolute Gasteiger partial charge is 0.0138 e. The fourth-order valence-electron chi connectivity index (χ4n) is 3.06. The lowest BCUT2D eigenvalue weighted by Gasteiger charge is -2.20. The van der Waals surface area contributed by atoms with E-state index in [1.54, 1.807) is 0 Å². The summed E-state index contributed by atoms with van der Waals surface area (Å²) in [5.74, 6) is 0.728. The van der Waals surface area contributed by atoms with Gasteiger partial charge in [0.25, 0.3) is 0 Å². The molecule has 2 heteroatoms. The number of nitrogens with two attached hydrogens (primary N) is 1. The first-order valence-corrected chi connectivity index (χ1v) is 7.50. The molecule has 1 unspecified atom stereocenters. The van der Waals surface area contributed by atoms with Crippen LogP contribution in [0.25, 0.3) is 0 Å². The van der Waals surface area contributed by atoms with Crippen molar-refractivity contribution >= 4 is 0 Å². The van der Waals surface area contributed by atoms with Crippen LogP contribution in [0.5, 0.6) is 0 Å². The normalized spacial score (nSPS) is 22.2. The van der Waals surface area contributed by atoms with Crippen LogP contribution in [0.1, 0.15) is 50.2 Å². The van der Waals surface area contributed by atoms with E-state index in [1.807, 2.05) is 0 Å². The second-order valence-electron chi connectivity index (χ2n) is 6.84. The molecule has 1 aromatic rings. The lowest BCUT2D eigenvalue weighted by atomic mass is 9.88. The summed E-state index contributed by atoms with van der Waals surface area (Å²) < 4.78 is 0. The molecule has 0 saturated carbocycles. The lowest BCUT2D eigenvalue weighted by Crippen LogP contribution is -2.34. The van der Waals surface area contributed by atoms with E-state index in [-0.39, 0.29) is 5.54 Å². The van der Waals surface area contributed by atoms with Gasteiger partial charge in [0.2, 0.25) is 0 Å². The van der Waals surface area contributed by atoms with Gasteiger partial charge >= 0.3 is 0 Å². The van der Waals surface area contributed by atoms with Crippen LogP contribution in [0.4, 0.5) is 0 Å². The molecule has 0 bridgehead atoms. The number of nitrogens with zero attached hydrogens (tertiary/aromatic N) is 1. The summed E-state index contributed by atoms with van der Waals surface area (Å²) in [5, 5.41) is 0. The van der Waals surface area contributed by atoms with E-state index < -0.39 is 0 Å². The molecular formula is C17H28N2. The number of benzene rings is 1. The Morgan fingerprint density at radius 1 is 1.26 bits per heavy atom. The van der Waals surface area contributed by atoms with Crippen LogP contribution >= 0.6 is 0 Å². The van der Waals surface area contributed by atoms with E-state index in [0.717, 1.165) is 12.3 Å². The van der Waals surface area contributed by atoms with Gasteiger partial charge in [-0.2, -0.15) is 0 Å². The molecule has 2 N–H and O–H groups in total. The third-order valence-electron chi connectivity index (χ3n) is 4.03. The van der Waals surface area contributed by atoms with Crippen molar-refractivity contribution in [1.82, 2.24) is 4.90 Å². The van der Waals surface area contributed by atoms with Crippen LogP contribution in [-0.4, -0.2) is 30.6 Å². The summed E-state index contributed by atoms with van der Waals surface area (Å²) in [7, 11) is 2.23. The highest BCUT2D eigenvalue weighted by Crippen LogP contribution is 2.28. The van der Waals surface area contributed by atoms with Gasteiger partial charge in [-0.3, -0.25) is 0 Å². The van der Waals surface area contributed by atoms with E-state index in [4.69, 9.17) is 5.73 Å². The molecule has 1 aliphatic heterocycles. The van der Waals surface area contributed by atoms with Gasteiger partial charge in [-0.25, -0.2) is 0 Å². The van der Waals surface area contributed by atoms with Crippen LogP contribution in [0.15, 0.2) is 24.3 Å². The molecule has 0 radical (unpaired) electrons. The van der Waals surface area contributed by atoms with Gasteiger partial charge in [0.05, 0.1) is 0 Å². The van der Waals surface area contributed by atoms with Gasteiger partial charge in [0, 0.05) is 5.54 Å². The molecule has 2 nitrogen and oxygen atoms in total. The van der Waals surface area contributed by atoms with Gasteiger partial charge in [0.1, 0.15) is 0 Å². The molecule has 19 heavy (non-hydrogen) atoms. The molecule has 0 amide bonds. The highest BCUT2D eigenvalue weighted by atomic mass is 15.1. The third kappa shape index (κ3) is 4.63. The number of likely N-dealkylation sites (tertiary alicyclic amines) is 1. The maximum atomic E-state index is 6.13. The molecule has 0 aliphatic carbocycles. The average molecular weight is 260 g/mol. The first-order valence-electron chi connectivity index (χ1n) is 7.50. The first-order chi connectivity index (χ1) is 8.94. The Kier molecular flexibility index (Phi) is 4.64. The van der Waals surface area contributed by atoms with Crippen molar-refractivity contribution in [1.29, 1.82) is 0 Å². The molecule has 0 spiro atoms. The van der Waals surface area contributed by atoms with Crippen LogP contribution in [0.3, 0.4) is 0 Å². The molecule has 1 aliphatic rings. The highest BCUT2D eigenvalue weighted by Gasteiger charge is 2.18. The summed E-state index contributed by atoms with van der Waals surface area (Å²) in [6.45, 7) is 6.66. The third-order valence-corrected chi connectivity index (χ3v) is 4.03. The second-order valence-corrected chi connectivity index (χ2v) is 6.84. The molecule has 1 saturated heterocycles. The molecule has 0 aromatic heterocycles. The molecule has 1 fully saturated rings. The van der Waals surface area contributed by atoms with Gasteiger partial charge in [-0.1, -0.05) is 24.3 Å². The fraction of sp³-hybridized carbons (Fsp3) is 0.647. The first kappa shape index (κ1) is 14.5. The Labute approximate surface area is 118 Å².